The van der Waals surface area contributed by atoms with Crippen LogP contribution in [-0.4, -0.2) is 46.9 Å². The lowest BCUT2D eigenvalue weighted by atomic mass is 10.1. The Kier molecular flexibility index (Phi) is 4.76. The van der Waals surface area contributed by atoms with Crippen molar-refractivity contribution < 1.29 is 4.79 Å². The van der Waals surface area contributed by atoms with E-state index in [0.29, 0.717) is 6.42 Å². The number of thiazole rings is 1. The van der Waals surface area contributed by atoms with E-state index in [0.717, 1.165) is 48.8 Å². The molecule has 0 aliphatic carbocycles. The van der Waals surface area contributed by atoms with Crippen LogP contribution < -0.4 is 0 Å². The molecule has 4 rings (SSSR count). The number of rotatable bonds is 4. The molecule has 128 valence electrons. The molecule has 2 aromatic carbocycles. The van der Waals surface area contributed by atoms with Crippen LogP contribution in [-0.2, 0) is 17.8 Å². The second-order valence-electron chi connectivity index (χ2n) is 6.39. The first-order chi connectivity index (χ1) is 12.3. The van der Waals surface area contributed by atoms with Crippen molar-refractivity contribution in [2.45, 2.75) is 13.0 Å². The summed E-state index contributed by atoms with van der Waals surface area (Å²) in [4.78, 5) is 21.5. The van der Waals surface area contributed by atoms with Gasteiger partial charge in [0.25, 0.3) is 0 Å². The fourth-order valence-corrected chi connectivity index (χ4v) is 4.23. The smallest absolute Gasteiger partial charge is 0.227 e. The molecule has 4 nitrogen and oxygen atoms in total. The molecule has 1 saturated heterocycles. The van der Waals surface area contributed by atoms with E-state index in [4.69, 9.17) is 4.98 Å². The quantitative estimate of drug-likeness (QED) is 0.724. The fraction of sp³-hybridized carbons (Fsp3) is 0.300. The van der Waals surface area contributed by atoms with Crippen LogP contribution in [0.2, 0.25) is 0 Å². The van der Waals surface area contributed by atoms with Crippen LogP contribution in [0.1, 0.15) is 10.6 Å². The number of nitrogens with zero attached hydrogens (tertiary/aromatic N) is 3. The first-order valence-electron chi connectivity index (χ1n) is 8.66. The molecule has 1 amide bonds. The predicted molar refractivity (Wildman–Crippen MR) is 102 cm³/mol. The minimum Gasteiger partial charge on any atom is -0.340 e. The number of hydrogen-bond acceptors (Lipinski definition) is 4. The van der Waals surface area contributed by atoms with Crippen molar-refractivity contribution >= 4 is 27.5 Å². The van der Waals surface area contributed by atoms with Crippen LogP contribution in [0.4, 0.5) is 0 Å². The van der Waals surface area contributed by atoms with Crippen LogP contribution in [0.25, 0.3) is 10.2 Å². The molecule has 1 fully saturated rings. The normalized spacial score (nSPS) is 15.6. The number of aromatic nitrogens is 1. The predicted octanol–water partition coefficient (Wildman–Crippen LogP) is 3.18. The minimum absolute atomic E-state index is 0.228. The van der Waals surface area contributed by atoms with Gasteiger partial charge < -0.3 is 4.90 Å². The molecule has 0 spiro atoms. The van der Waals surface area contributed by atoms with E-state index in [2.05, 4.69) is 23.1 Å². The zero-order valence-corrected chi connectivity index (χ0v) is 14.9. The first kappa shape index (κ1) is 16.2. The number of amides is 1. The van der Waals surface area contributed by atoms with Crippen molar-refractivity contribution in [3.63, 3.8) is 0 Å². The van der Waals surface area contributed by atoms with E-state index in [1.807, 2.05) is 41.3 Å². The van der Waals surface area contributed by atoms with Gasteiger partial charge in [0.05, 0.1) is 23.2 Å². The fourth-order valence-electron chi connectivity index (χ4n) is 3.22. The molecule has 5 heteroatoms. The van der Waals surface area contributed by atoms with Crippen LogP contribution in [0, 0.1) is 0 Å². The van der Waals surface area contributed by atoms with Crippen molar-refractivity contribution in [3.05, 3.63) is 65.2 Å². The largest absolute Gasteiger partial charge is 0.340 e. The number of hydrogen-bond donors (Lipinski definition) is 0. The van der Waals surface area contributed by atoms with Crippen molar-refractivity contribution in [2.24, 2.45) is 0 Å². The molecule has 0 bridgehead atoms. The molecule has 0 saturated carbocycles. The number of fused-ring (bicyclic) bond motifs is 1. The Hall–Kier alpha value is -2.24. The van der Waals surface area contributed by atoms with Gasteiger partial charge in [-0.1, -0.05) is 42.5 Å². The van der Waals surface area contributed by atoms with Crippen molar-refractivity contribution in [1.82, 2.24) is 14.8 Å². The Morgan fingerprint density at radius 3 is 2.44 bits per heavy atom. The molecular weight excluding hydrogens is 330 g/mol. The van der Waals surface area contributed by atoms with Crippen molar-refractivity contribution in [2.75, 3.05) is 26.2 Å². The average Bonchev–Trinajstić information content (AvgIpc) is 3.05. The molecular formula is C20H21N3OS. The maximum absolute atomic E-state index is 12.4. The highest BCUT2D eigenvalue weighted by molar-refractivity contribution is 7.18. The highest BCUT2D eigenvalue weighted by atomic mass is 32.1. The van der Waals surface area contributed by atoms with Gasteiger partial charge in [-0.25, -0.2) is 4.98 Å². The zero-order chi connectivity index (χ0) is 17.1. The molecule has 25 heavy (non-hydrogen) atoms. The van der Waals surface area contributed by atoms with Gasteiger partial charge in [0.1, 0.15) is 5.01 Å². The Labute approximate surface area is 151 Å². The average molecular weight is 351 g/mol. The molecule has 2 heterocycles. The summed E-state index contributed by atoms with van der Waals surface area (Å²) in [5, 5.41) is 1.16. The zero-order valence-electron chi connectivity index (χ0n) is 14.1. The molecule has 0 N–H and O–H groups in total. The molecule has 1 aliphatic rings. The van der Waals surface area contributed by atoms with Gasteiger partial charge in [-0.2, -0.15) is 0 Å². The lowest BCUT2D eigenvalue weighted by Gasteiger charge is -2.34. The molecule has 1 aromatic heterocycles. The summed E-state index contributed by atoms with van der Waals surface area (Å²) in [6, 6.07) is 18.3. The van der Waals surface area contributed by atoms with E-state index in [-0.39, 0.29) is 5.91 Å². The summed E-state index contributed by atoms with van der Waals surface area (Å²) in [7, 11) is 0. The lowest BCUT2D eigenvalue weighted by molar-refractivity contribution is -0.132. The minimum atomic E-state index is 0.228. The third kappa shape index (κ3) is 3.89. The number of carbonyl (C=O) groups excluding carboxylic acids is 1. The first-order valence-corrected chi connectivity index (χ1v) is 9.48. The Morgan fingerprint density at radius 2 is 1.68 bits per heavy atom. The van der Waals surface area contributed by atoms with Crippen LogP contribution in [0.15, 0.2) is 54.6 Å². The van der Waals surface area contributed by atoms with E-state index in [1.54, 1.807) is 11.3 Å². The van der Waals surface area contributed by atoms with Crippen molar-refractivity contribution in [3.8, 4) is 0 Å². The number of benzene rings is 2. The molecule has 0 unspecified atom stereocenters. The highest BCUT2D eigenvalue weighted by Gasteiger charge is 2.21. The van der Waals surface area contributed by atoms with Gasteiger partial charge in [-0.3, -0.25) is 9.69 Å². The van der Waals surface area contributed by atoms with Gasteiger partial charge in [-0.05, 0) is 17.7 Å². The van der Waals surface area contributed by atoms with Crippen LogP contribution in [0.5, 0.6) is 0 Å². The van der Waals surface area contributed by atoms with Crippen molar-refractivity contribution in [1.29, 1.82) is 0 Å². The van der Waals surface area contributed by atoms with Gasteiger partial charge >= 0.3 is 0 Å². The Morgan fingerprint density at radius 1 is 0.960 bits per heavy atom. The van der Waals surface area contributed by atoms with Crippen LogP contribution in [0.3, 0.4) is 0 Å². The second kappa shape index (κ2) is 7.33. The Balaban J connectivity index is 1.31. The number of piperazine rings is 1. The maximum Gasteiger partial charge on any atom is 0.227 e. The van der Waals surface area contributed by atoms with Gasteiger partial charge in [0, 0.05) is 26.2 Å². The summed E-state index contributed by atoms with van der Waals surface area (Å²) in [6.07, 6.45) is 0.499. The lowest BCUT2D eigenvalue weighted by Crippen LogP contribution is -2.48. The van der Waals surface area contributed by atoms with E-state index in [1.165, 1.54) is 4.70 Å². The molecule has 0 radical (unpaired) electrons. The summed E-state index contributed by atoms with van der Waals surface area (Å²) in [5.41, 5.74) is 2.17. The monoisotopic (exact) mass is 351 g/mol. The highest BCUT2D eigenvalue weighted by Crippen LogP contribution is 2.23. The molecule has 1 aliphatic heterocycles. The summed E-state index contributed by atoms with van der Waals surface area (Å²) in [6.45, 7) is 4.31. The third-order valence-corrected chi connectivity index (χ3v) is 5.64. The summed E-state index contributed by atoms with van der Waals surface area (Å²) < 4.78 is 1.24. The van der Waals surface area contributed by atoms with Gasteiger partial charge in [0.15, 0.2) is 0 Å². The second-order valence-corrected chi connectivity index (χ2v) is 7.51. The standard InChI is InChI=1S/C20H21N3OS/c24-20(14-16-6-2-1-3-7-16)23-12-10-22(11-13-23)15-19-21-17-8-4-5-9-18(17)25-19/h1-9H,10-15H2. The summed E-state index contributed by atoms with van der Waals surface area (Å²) in [5.74, 6) is 0.228. The topological polar surface area (TPSA) is 36.4 Å². The van der Waals surface area contributed by atoms with E-state index in [9.17, 15) is 4.79 Å². The number of carbonyl (C=O) groups is 1. The molecule has 0 atom stereocenters. The van der Waals surface area contributed by atoms with E-state index >= 15 is 0 Å². The third-order valence-electron chi connectivity index (χ3n) is 4.62. The van der Waals surface area contributed by atoms with E-state index < -0.39 is 0 Å². The maximum atomic E-state index is 12.4. The van der Waals surface area contributed by atoms with Gasteiger partial charge in [-0.15, -0.1) is 11.3 Å². The van der Waals surface area contributed by atoms with Gasteiger partial charge in [0.2, 0.25) is 5.91 Å². The Bertz CT molecular complexity index is 821. The summed E-state index contributed by atoms with van der Waals surface area (Å²) >= 11 is 1.77. The van der Waals surface area contributed by atoms with Crippen LogP contribution >= 0.6 is 11.3 Å². The number of para-hydroxylation sites is 1. The molecule has 3 aromatic rings. The SMILES string of the molecule is O=C(Cc1ccccc1)N1CCN(Cc2nc3ccccc3s2)CC1.